The van der Waals surface area contributed by atoms with Crippen molar-refractivity contribution < 1.29 is 14.3 Å². The number of nitrogens with one attached hydrogen (secondary N) is 1. The molecule has 1 amide bonds. The zero-order valence-electron chi connectivity index (χ0n) is 12.8. The minimum Gasteiger partial charge on any atom is -0.486 e. The van der Waals surface area contributed by atoms with Crippen LogP contribution in [0.4, 0.5) is 0 Å². The van der Waals surface area contributed by atoms with Crippen molar-refractivity contribution in [3.63, 3.8) is 0 Å². The van der Waals surface area contributed by atoms with E-state index >= 15 is 0 Å². The third-order valence-electron chi connectivity index (χ3n) is 3.74. The minimum atomic E-state index is -0.282. The van der Waals surface area contributed by atoms with E-state index in [1.54, 1.807) is 0 Å². The van der Waals surface area contributed by atoms with E-state index < -0.39 is 0 Å². The fourth-order valence-corrected chi connectivity index (χ4v) is 2.53. The third-order valence-corrected chi connectivity index (χ3v) is 3.74. The Morgan fingerprint density at radius 3 is 2.71 bits per heavy atom. The Balaban J connectivity index is 1.41. The second-order valence-electron chi connectivity index (χ2n) is 5.45. The number of carbonyl (C=O) groups is 1. The second kappa shape index (κ2) is 6.16. The van der Waals surface area contributed by atoms with E-state index in [2.05, 4.69) is 15.3 Å². The summed E-state index contributed by atoms with van der Waals surface area (Å²) in [5, 5.41) is 2.82. The molecule has 6 nitrogen and oxygen atoms in total. The number of hydrogen-bond donors (Lipinski definition) is 1. The maximum absolute atomic E-state index is 12.3. The van der Waals surface area contributed by atoms with Crippen molar-refractivity contribution in [2.24, 2.45) is 0 Å². The summed E-state index contributed by atoms with van der Waals surface area (Å²) in [6.45, 7) is 0.725. The van der Waals surface area contributed by atoms with Gasteiger partial charge in [-0.3, -0.25) is 9.78 Å². The van der Waals surface area contributed by atoms with Crippen molar-refractivity contribution in [1.82, 2.24) is 15.3 Å². The van der Waals surface area contributed by atoms with Crippen LogP contribution < -0.4 is 14.8 Å². The van der Waals surface area contributed by atoms with E-state index in [1.165, 1.54) is 6.20 Å². The topological polar surface area (TPSA) is 73.3 Å². The molecule has 2 heterocycles. The Labute approximate surface area is 138 Å². The van der Waals surface area contributed by atoms with Gasteiger partial charge in [0.2, 0.25) is 0 Å². The van der Waals surface area contributed by atoms with Gasteiger partial charge in [0.25, 0.3) is 5.91 Å². The fourth-order valence-electron chi connectivity index (χ4n) is 2.53. The Kier molecular flexibility index (Phi) is 3.70. The quantitative estimate of drug-likeness (QED) is 0.800. The van der Waals surface area contributed by atoms with Crippen LogP contribution in [0.5, 0.6) is 11.5 Å². The maximum Gasteiger partial charge on any atom is 0.271 e. The Bertz CT molecular complexity index is 897. The van der Waals surface area contributed by atoms with Gasteiger partial charge in [-0.15, -0.1) is 0 Å². The molecule has 1 aromatic heterocycles. The van der Waals surface area contributed by atoms with Gasteiger partial charge in [-0.05, 0) is 24.3 Å². The van der Waals surface area contributed by atoms with Gasteiger partial charge >= 0.3 is 0 Å². The fraction of sp³-hybridized carbons (Fsp3) is 0.167. The lowest BCUT2D eigenvalue weighted by atomic mass is 10.2. The molecule has 120 valence electrons. The Hall–Kier alpha value is -3.15. The van der Waals surface area contributed by atoms with Crippen LogP contribution in [0.2, 0.25) is 0 Å². The lowest BCUT2D eigenvalue weighted by Crippen LogP contribution is -2.41. The molecule has 0 spiro atoms. The van der Waals surface area contributed by atoms with E-state index in [0.717, 1.165) is 11.3 Å². The van der Waals surface area contributed by atoms with Crippen LogP contribution in [0.1, 0.15) is 10.5 Å². The van der Waals surface area contributed by atoms with Gasteiger partial charge in [0.15, 0.2) is 11.5 Å². The molecule has 24 heavy (non-hydrogen) atoms. The van der Waals surface area contributed by atoms with Crippen LogP contribution in [0.25, 0.3) is 11.0 Å². The first-order valence-electron chi connectivity index (χ1n) is 7.68. The lowest BCUT2D eigenvalue weighted by molar-refractivity contribution is 0.0786. The molecule has 4 rings (SSSR count). The monoisotopic (exact) mass is 321 g/mol. The first-order chi connectivity index (χ1) is 11.8. The van der Waals surface area contributed by atoms with Crippen LogP contribution in [0.3, 0.4) is 0 Å². The predicted octanol–water partition coefficient (Wildman–Crippen LogP) is 2.20. The van der Waals surface area contributed by atoms with Gasteiger partial charge in [0.05, 0.1) is 23.8 Å². The molecule has 0 aliphatic carbocycles. The van der Waals surface area contributed by atoms with Crippen LogP contribution >= 0.6 is 0 Å². The molecule has 0 fully saturated rings. The van der Waals surface area contributed by atoms with E-state index in [4.69, 9.17) is 9.47 Å². The molecule has 2 aromatic carbocycles. The summed E-state index contributed by atoms with van der Waals surface area (Å²) in [6.07, 6.45) is 1.24. The lowest BCUT2D eigenvalue weighted by Gasteiger charge is -2.26. The van der Waals surface area contributed by atoms with E-state index in [1.807, 2.05) is 48.5 Å². The molecular formula is C18H15N3O3. The number of fused-ring (bicyclic) bond motifs is 2. The van der Waals surface area contributed by atoms with Gasteiger partial charge < -0.3 is 14.8 Å². The van der Waals surface area contributed by atoms with Crippen molar-refractivity contribution in [3.8, 4) is 11.5 Å². The molecule has 6 heteroatoms. The molecule has 1 atom stereocenters. The summed E-state index contributed by atoms with van der Waals surface area (Å²) in [4.78, 5) is 20.8. The number of rotatable bonds is 3. The van der Waals surface area contributed by atoms with Gasteiger partial charge in [-0.2, -0.15) is 0 Å². The molecule has 0 saturated heterocycles. The summed E-state index contributed by atoms with van der Waals surface area (Å²) in [5.74, 6) is 1.13. The summed E-state index contributed by atoms with van der Waals surface area (Å²) in [7, 11) is 0. The molecule has 1 N–H and O–H groups in total. The molecular weight excluding hydrogens is 306 g/mol. The van der Waals surface area contributed by atoms with Crippen molar-refractivity contribution in [2.45, 2.75) is 6.10 Å². The first-order valence-corrected chi connectivity index (χ1v) is 7.68. The largest absolute Gasteiger partial charge is 0.486 e. The number of amides is 1. The van der Waals surface area contributed by atoms with Crippen LogP contribution in [-0.2, 0) is 0 Å². The number of benzene rings is 2. The number of ether oxygens (including phenoxy) is 2. The highest BCUT2D eigenvalue weighted by atomic mass is 16.6. The summed E-state index contributed by atoms with van der Waals surface area (Å²) < 4.78 is 11.4. The minimum absolute atomic E-state index is 0.239. The van der Waals surface area contributed by atoms with Crippen LogP contribution in [0, 0.1) is 0 Å². The van der Waals surface area contributed by atoms with E-state index in [0.29, 0.717) is 24.4 Å². The molecule has 0 saturated carbocycles. The third kappa shape index (κ3) is 2.86. The summed E-state index contributed by atoms with van der Waals surface area (Å²) in [5.41, 5.74) is 1.73. The second-order valence-corrected chi connectivity index (χ2v) is 5.45. The molecule has 1 aliphatic heterocycles. The molecule has 3 aromatic rings. The standard InChI is InChI=1S/C18H15N3O3/c22-18(15-10-19-13-5-1-2-6-14(13)21-15)20-9-12-11-23-16-7-3-4-8-17(16)24-12/h1-8,10,12H,9,11H2,(H,20,22)/t12-/m1/s1. The first kappa shape index (κ1) is 14.4. The number of aromatic nitrogens is 2. The van der Waals surface area contributed by atoms with Gasteiger partial charge in [-0.25, -0.2) is 4.98 Å². The highest BCUT2D eigenvalue weighted by Crippen LogP contribution is 2.30. The average molecular weight is 321 g/mol. The molecule has 0 radical (unpaired) electrons. The zero-order valence-corrected chi connectivity index (χ0v) is 12.8. The van der Waals surface area contributed by atoms with Crippen molar-refractivity contribution in [1.29, 1.82) is 0 Å². The molecule has 0 unspecified atom stereocenters. The van der Waals surface area contributed by atoms with Gasteiger partial charge in [-0.1, -0.05) is 24.3 Å². The van der Waals surface area contributed by atoms with Crippen molar-refractivity contribution in [2.75, 3.05) is 13.2 Å². The van der Waals surface area contributed by atoms with Crippen molar-refractivity contribution >= 4 is 16.9 Å². The van der Waals surface area contributed by atoms with Crippen molar-refractivity contribution in [3.05, 3.63) is 60.4 Å². The summed E-state index contributed by atoms with van der Waals surface area (Å²) in [6, 6.07) is 14.9. The highest BCUT2D eigenvalue weighted by Gasteiger charge is 2.21. The average Bonchev–Trinajstić information content (AvgIpc) is 2.65. The summed E-state index contributed by atoms with van der Waals surface area (Å²) >= 11 is 0. The normalized spacial score (nSPS) is 15.9. The maximum atomic E-state index is 12.3. The Morgan fingerprint density at radius 2 is 1.83 bits per heavy atom. The number of hydrogen-bond acceptors (Lipinski definition) is 5. The highest BCUT2D eigenvalue weighted by molar-refractivity contribution is 5.93. The number of nitrogens with zero attached hydrogens (tertiary/aromatic N) is 2. The Morgan fingerprint density at radius 1 is 1.08 bits per heavy atom. The number of para-hydroxylation sites is 4. The zero-order chi connectivity index (χ0) is 16.4. The predicted molar refractivity (Wildman–Crippen MR) is 88.2 cm³/mol. The smallest absolute Gasteiger partial charge is 0.271 e. The number of carbonyl (C=O) groups excluding carboxylic acids is 1. The van der Waals surface area contributed by atoms with Crippen LogP contribution in [-0.4, -0.2) is 35.1 Å². The SMILES string of the molecule is O=C(NC[C@@H]1COc2ccccc2O1)c1cnc2ccccc2n1. The van der Waals surface area contributed by atoms with Crippen LogP contribution in [0.15, 0.2) is 54.7 Å². The molecule has 0 bridgehead atoms. The van der Waals surface area contributed by atoms with Gasteiger partial charge in [0, 0.05) is 0 Å². The van der Waals surface area contributed by atoms with Gasteiger partial charge in [0.1, 0.15) is 18.4 Å². The van der Waals surface area contributed by atoms with E-state index in [9.17, 15) is 4.79 Å². The van der Waals surface area contributed by atoms with E-state index in [-0.39, 0.29) is 17.7 Å². The molecule has 1 aliphatic rings.